The standard InChI is InChI=1S/C19H20N4O2S/c1-25-16-5-3-2-4-15(16)22-8-10-23(11-9-22)18(24)13-6-7-17-14(12-13)21-19(20)26-17/h2-7,12H,8-11H2,1H3,(H2,20,21). The third-order valence-corrected chi connectivity index (χ3v) is 5.51. The summed E-state index contributed by atoms with van der Waals surface area (Å²) in [5.74, 6) is 0.900. The minimum Gasteiger partial charge on any atom is -0.495 e. The fourth-order valence-electron chi connectivity index (χ4n) is 3.30. The number of piperazine rings is 1. The van der Waals surface area contributed by atoms with Crippen molar-refractivity contribution in [3.8, 4) is 5.75 Å². The van der Waals surface area contributed by atoms with Crippen molar-refractivity contribution in [2.75, 3.05) is 43.9 Å². The Morgan fingerprint density at radius 3 is 2.69 bits per heavy atom. The van der Waals surface area contributed by atoms with E-state index in [0.29, 0.717) is 23.8 Å². The van der Waals surface area contributed by atoms with Crippen LogP contribution in [0.2, 0.25) is 0 Å². The second kappa shape index (κ2) is 6.84. The Morgan fingerprint density at radius 1 is 1.15 bits per heavy atom. The first-order valence-corrected chi connectivity index (χ1v) is 9.30. The number of carbonyl (C=O) groups is 1. The van der Waals surface area contributed by atoms with Crippen LogP contribution in [0.5, 0.6) is 5.75 Å². The van der Waals surface area contributed by atoms with Crippen molar-refractivity contribution in [2.45, 2.75) is 0 Å². The number of amides is 1. The van der Waals surface area contributed by atoms with Gasteiger partial charge in [-0.25, -0.2) is 4.98 Å². The monoisotopic (exact) mass is 368 g/mol. The van der Waals surface area contributed by atoms with Crippen LogP contribution >= 0.6 is 11.3 Å². The van der Waals surface area contributed by atoms with Crippen molar-refractivity contribution >= 4 is 38.3 Å². The van der Waals surface area contributed by atoms with Gasteiger partial charge >= 0.3 is 0 Å². The Morgan fingerprint density at radius 2 is 1.92 bits per heavy atom. The van der Waals surface area contributed by atoms with Gasteiger partial charge in [-0.2, -0.15) is 0 Å². The summed E-state index contributed by atoms with van der Waals surface area (Å²) in [6.07, 6.45) is 0. The molecule has 2 heterocycles. The summed E-state index contributed by atoms with van der Waals surface area (Å²) < 4.78 is 6.45. The molecule has 1 aromatic heterocycles. The number of methoxy groups -OCH3 is 1. The lowest BCUT2D eigenvalue weighted by molar-refractivity contribution is 0.0747. The summed E-state index contributed by atoms with van der Waals surface area (Å²) in [6, 6.07) is 13.6. The summed E-state index contributed by atoms with van der Waals surface area (Å²) in [6.45, 7) is 2.90. The van der Waals surface area contributed by atoms with E-state index in [1.165, 1.54) is 11.3 Å². The van der Waals surface area contributed by atoms with Gasteiger partial charge in [-0.05, 0) is 30.3 Å². The van der Waals surface area contributed by atoms with Crippen LogP contribution in [0.25, 0.3) is 10.2 Å². The van der Waals surface area contributed by atoms with Gasteiger partial charge in [0.15, 0.2) is 5.13 Å². The summed E-state index contributed by atoms with van der Waals surface area (Å²) in [5, 5.41) is 0.523. The predicted molar refractivity (Wildman–Crippen MR) is 105 cm³/mol. The molecule has 1 saturated heterocycles. The van der Waals surface area contributed by atoms with Crippen molar-refractivity contribution in [1.82, 2.24) is 9.88 Å². The number of ether oxygens (including phenoxy) is 1. The molecule has 134 valence electrons. The summed E-state index contributed by atoms with van der Waals surface area (Å²) in [4.78, 5) is 21.3. The predicted octanol–water partition coefficient (Wildman–Crippen LogP) is 2.85. The molecule has 1 aliphatic rings. The number of anilines is 2. The number of nitrogens with zero attached hydrogens (tertiary/aromatic N) is 3. The van der Waals surface area contributed by atoms with Crippen LogP contribution < -0.4 is 15.4 Å². The molecule has 0 unspecified atom stereocenters. The number of aromatic nitrogens is 1. The maximum absolute atomic E-state index is 12.8. The van der Waals surface area contributed by atoms with Crippen molar-refractivity contribution in [3.63, 3.8) is 0 Å². The minimum absolute atomic E-state index is 0.0400. The number of thiazole rings is 1. The fourth-order valence-corrected chi connectivity index (χ4v) is 4.02. The maximum atomic E-state index is 12.8. The number of hydrogen-bond acceptors (Lipinski definition) is 6. The largest absolute Gasteiger partial charge is 0.495 e. The molecular formula is C19H20N4O2S. The number of rotatable bonds is 3. The molecule has 0 atom stereocenters. The van der Waals surface area contributed by atoms with E-state index in [-0.39, 0.29) is 5.91 Å². The molecular weight excluding hydrogens is 348 g/mol. The van der Waals surface area contributed by atoms with Gasteiger partial charge in [0.05, 0.1) is 23.0 Å². The molecule has 0 saturated carbocycles. The highest BCUT2D eigenvalue weighted by Gasteiger charge is 2.24. The van der Waals surface area contributed by atoms with Gasteiger partial charge in [-0.3, -0.25) is 4.79 Å². The van der Waals surface area contributed by atoms with Gasteiger partial charge in [-0.1, -0.05) is 23.5 Å². The first kappa shape index (κ1) is 16.7. The third-order valence-electron chi connectivity index (χ3n) is 4.64. The molecule has 7 heteroatoms. The van der Waals surface area contributed by atoms with E-state index < -0.39 is 0 Å². The quantitative estimate of drug-likeness (QED) is 0.770. The number of fused-ring (bicyclic) bond motifs is 1. The third kappa shape index (κ3) is 3.06. The molecule has 1 aliphatic heterocycles. The number of nitrogens with two attached hydrogens (primary N) is 1. The first-order chi connectivity index (χ1) is 12.7. The van der Waals surface area contributed by atoms with E-state index in [9.17, 15) is 4.79 Å². The lowest BCUT2D eigenvalue weighted by atomic mass is 10.1. The zero-order valence-corrected chi connectivity index (χ0v) is 15.3. The Balaban J connectivity index is 1.47. The Labute approximate surface area is 155 Å². The van der Waals surface area contributed by atoms with E-state index >= 15 is 0 Å². The van der Waals surface area contributed by atoms with Crippen LogP contribution in [0.15, 0.2) is 42.5 Å². The summed E-state index contributed by atoms with van der Waals surface area (Å²) >= 11 is 1.43. The van der Waals surface area contributed by atoms with Crippen LogP contribution in [0.3, 0.4) is 0 Å². The second-order valence-electron chi connectivity index (χ2n) is 6.19. The number of benzene rings is 2. The lowest BCUT2D eigenvalue weighted by Crippen LogP contribution is -2.48. The molecule has 2 aromatic carbocycles. The molecule has 0 bridgehead atoms. The van der Waals surface area contributed by atoms with E-state index in [2.05, 4.69) is 16.0 Å². The second-order valence-corrected chi connectivity index (χ2v) is 7.25. The summed E-state index contributed by atoms with van der Waals surface area (Å²) in [5.41, 5.74) is 8.26. The van der Waals surface area contributed by atoms with E-state index in [4.69, 9.17) is 10.5 Å². The normalized spacial score (nSPS) is 14.7. The fraction of sp³-hybridized carbons (Fsp3) is 0.263. The van der Waals surface area contributed by atoms with Crippen molar-refractivity contribution in [2.24, 2.45) is 0 Å². The maximum Gasteiger partial charge on any atom is 0.254 e. The van der Waals surface area contributed by atoms with Gasteiger partial charge < -0.3 is 20.3 Å². The van der Waals surface area contributed by atoms with Crippen LogP contribution in [0.4, 0.5) is 10.8 Å². The average molecular weight is 368 g/mol. The van der Waals surface area contributed by atoms with Crippen LogP contribution in [0.1, 0.15) is 10.4 Å². The van der Waals surface area contributed by atoms with Gasteiger partial charge in [0.25, 0.3) is 5.91 Å². The highest BCUT2D eigenvalue weighted by molar-refractivity contribution is 7.22. The molecule has 0 radical (unpaired) electrons. The molecule has 6 nitrogen and oxygen atoms in total. The Hall–Kier alpha value is -2.80. The molecule has 0 spiro atoms. The van der Waals surface area contributed by atoms with Crippen LogP contribution in [-0.2, 0) is 0 Å². The number of para-hydroxylation sites is 2. The first-order valence-electron chi connectivity index (χ1n) is 8.49. The van der Waals surface area contributed by atoms with Gasteiger partial charge in [-0.15, -0.1) is 0 Å². The molecule has 1 amide bonds. The van der Waals surface area contributed by atoms with Crippen molar-refractivity contribution < 1.29 is 9.53 Å². The van der Waals surface area contributed by atoms with Crippen LogP contribution in [-0.4, -0.2) is 49.1 Å². The molecule has 3 aromatic rings. The van der Waals surface area contributed by atoms with Gasteiger partial charge in [0.2, 0.25) is 0 Å². The lowest BCUT2D eigenvalue weighted by Gasteiger charge is -2.36. The smallest absolute Gasteiger partial charge is 0.254 e. The number of nitrogen functional groups attached to an aromatic ring is 1. The Kier molecular flexibility index (Phi) is 4.38. The topological polar surface area (TPSA) is 71.7 Å². The Bertz CT molecular complexity index is 948. The minimum atomic E-state index is 0.0400. The van der Waals surface area contributed by atoms with Crippen molar-refractivity contribution in [1.29, 1.82) is 0 Å². The summed E-state index contributed by atoms with van der Waals surface area (Å²) in [7, 11) is 1.68. The van der Waals surface area contributed by atoms with Crippen LogP contribution in [0, 0.1) is 0 Å². The highest BCUT2D eigenvalue weighted by Crippen LogP contribution is 2.29. The highest BCUT2D eigenvalue weighted by atomic mass is 32.1. The van der Waals surface area contributed by atoms with Gasteiger partial charge in [0, 0.05) is 31.7 Å². The van der Waals surface area contributed by atoms with E-state index in [0.717, 1.165) is 34.7 Å². The molecule has 1 fully saturated rings. The SMILES string of the molecule is COc1ccccc1N1CCN(C(=O)c2ccc3sc(N)nc3c2)CC1. The van der Waals surface area contributed by atoms with E-state index in [1.807, 2.05) is 41.3 Å². The van der Waals surface area contributed by atoms with E-state index in [1.54, 1.807) is 7.11 Å². The zero-order valence-electron chi connectivity index (χ0n) is 14.5. The average Bonchev–Trinajstić information content (AvgIpc) is 3.06. The zero-order chi connectivity index (χ0) is 18.1. The molecule has 4 rings (SSSR count). The van der Waals surface area contributed by atoms with Crippen molar-refractivity contribution in [3.05, 3.63) is 48.0 Å². The number of hydrogen-bond donors (Lipinski definition) is 1. The molecule has 0 aliphatic carbocycles. The number of carbonyl (C=O) groups excluding carboxylic acids is 1. The van der Waals surface area contributed by atoms with Gasteiger partial charge in [0.1, 0.15) is 5.75 Å². The molecule has 26 heavy (non-hydrogen) atoms. The molecule has 2 N–H and O–H groups in total.